The fourth-order valence-electron chi connectivity index (χ4n) is 2.13. The van der Waals surface area contributed by atoms with Gasteiger partial charge in [-0.25, -0.2) is 4.79 Å². The van der Waals surface area contributed by atoms with Crippen LogP contribution in [0.5, 0.6) is 0 Å². The monoisotopic (exact) mass is 313 g/mol. The first-order chi connectivity index (χ1) is 11.0. The van der Waals surface area contributed by atoms with E-state index in [2.05, 4.69) is 5.32 Å². The van der Waals surface area contributed by atoms with Gasteiger partial charge in [-0.3, -0.25) is 4.79 Å². The van der Waals surface area contributed by atoms with E-state index in [0.29, 0.717) is 5.56 Å². The topological polar surface area (TPSA) is 75.6 Å². The first-order valence-electron chi connectivity index (χ1n) is 7.26. The lowest BCUT2D eigenvalue weighted by Gasteiger charge is -2.25. The molecule has 0 saturated carbocycles. The van der Waals surface area contributed by atoms with E-state index >= 15 is 0 Å². The Hall–Kier alpha value is -2.82. The van der Waals surface area contributed by atoms with Crippen LogP contribution in [0.1, 0.15) is 18.1 Å². The van der Waals surface area contributed by atoms with Crippen LogP contribution in [0.15, 0.2) is 60.7 Å². The molecule has 0 heterocycles. The Balaban J connectivity index is 1.94. The summed E-state index contributed by atoms with van der Waals surface area (Å²) in [6.07, 6.45) is -0.641. The van der Waals surface area contributed by atoms with Crippen molar-refractivity contribution >= 4 is 12.1 Å². The summed E-state index contributed by atoms with van der Waals surface area (Å²) >= 11 is 0. The van der Waals surface area contributed by atoms with Crippen molar-refractivity contribution in [2.24, 2.45) is 0 Å². The van der Waals surface area contributed by atoms with Crippen molar-refractivity contribution in [2.45, 2.75) is 18.9 Å². The van der Waals surface area contributed by atoms with Crippen LogP contribution < -0.4 is 5.32 Å². The third-order valence-corrected chi connectivity index (χ3v) is 3.68. The third-order valence-electron chi connectivity index (χ3n) is 3.68. The summed E-state index contributed by atoms with van der Waals surface area (Å²) in [5, 5.41) is 12.0. The van der Waals surface area contributed by atoms with E-state index < -0.39 is 17.5 Å². The smallest absolute Gasteiger partial charge is 0.407 e. The highest BCUT2D eigenvalue weighted by atomic mass is 16.5. The number of nitrogens with one attached hydrogen (secondary N) is 1. The molecule has 0 aromatic heterocycles. The van der Waals surface area contributed by atoms with Crippen molar-refractivity contribution in [1.29, 1.82) is 0 Å². The predicted octanol–water partition coefficient (Wildman–Crippen LogP) is 2.96. The van der Waals surface area contributed by atoms with E-state index in [-0.39, 0.29) is 13.2 Å². The molecule has 2 rings (SSSR count). The first-order valence-corrected chi connectivity index (χ1v) is 7.26. The average Bonchev–Trinajstić information content (AvgIpc) is 2.59. The molecule has 1 atom stereocenters. The number of hydrogen-bond donors (Lipinski definition) is 2. The minimum absolute atomic E-state index is 0.0556. The molecule has 5 nitrogen and oxygen atoms in total. The standard InChI is InChI=1S/C18H19NO4/c1-18(16(20)21,15-10-6-3-7-11-15)13-19-17(22)23-12-14-8-4-2-5-9-14/h2-11H,12-13H2,1H3,(H,19,22)(H,20,21). The summed E-state index contributed by atoms with van der Waals surface area (Å²) in [5.74, 6) is -1.01. The zero-order valence-electron chi connectivity index (χ0n) is 12.9. The zero-order valence-corrected chi connectivity index (χ0v) is 12.9. The number of rotatable bonds is 6. The third kappa shape index (κ3) is 4.32. The number of benzene rings is 2. The Bertz CT molecular complexity index is 657. The Morgan fingerprint density at radius 2 is 1.61 bits per heavy atom. The fourth-order valence-corrected chi connectivity index (χ4v) is 2.13. The Morgan fingerprint density at radius 1 is 1.04 bits per heavy atom. The zero-order chi connectivity index (χ0) is 16.7. The maximum atomic E-state index is 11.8. The second-order valence-corrected chi connectivity index (χ2v) is 5.42. The van der Waals surface area contributed by atoms with Crippen LogP contribution in [-0.2, 0) is 21.6 Å². The summed E-state index contributed by atoms with van der Waals surface area (Å²) in [7, 11) is 0. The number of aliphatic carboxylic acids is 1. The molecule has 2 aromatic carbocycles. The van der Waals surface area contributed by atoms with Gasteiger partial charge in [0.2, 0.25) is 0 Å². The van der Waals surface area contributed by atoms with Gasteiger partial charge in [-0.1, -0.05) is 60.7 Å². The normalized spacial score (nSPS) is 12.9. The Morgan fingerprint density at radius 3 is 2.17 bits per heavy atom. The molecule has 0 aliphatic rings. The lowest BCUT2D eigenvalue weighted by Crippen LogP contribution is -2.44. The van der Waals surface area contributed by atoms with E-state index in [1.54, 1.807) is 31.2 Å². The van der Waals surface area contributed by atoms with Gasteiger partial charge in [0, 0.05) is 6.54 Å². The van der Waals surface area contributed by atoms with Crippen molar-refractivity contribution in [3.05, 3.63) is 71.8 Å². The molecule has 0 bridgehead atoms. The summed E-state index contributed by atoms with van der Waals surface area (Å²) in [4.78, 5) is 23.4. The number of ether oxygens (including phenoxy) is 1. The number of hydrogen-bond acceptors (Lipinski definition) is 3. The van der Waals surface area contributed by atoms with Gasteiger partial charge in [-0.05, 0) is 18.1 Å². The second kappa shape index (κ2) is 7.45. The van der Waals surface area contributed by atoms with Crippen molar-refractivity contribution in [1.82, 2.24) is 5.32 Å². The van der Waals surface area contributed by atoms with Gasteiger partial charge >= 0.3 is 12.1 Å². The highest BCUT2D eigenvalue weighted by Gasteiger charge is 2.35. The van der Waals surface area contributed by atoms with Crippen LogP contribution in [0.4, 0.5) is 4.79 Å². The van der Waals surface area contributed by atoms with Gasteiger partial charge in [0.1, 0.15) is 12.0 Å². The van der Waals surface area contributed by atoms with Gasteiger partial charge in [0.05, 0.1) is 0 Å². The van der Waals surface area contributed by atoms with E-state index in [1.807, 2.05) is 36.4 Å². The van der Waals surface area contributed by atoms with Crippen LogP contribution in [0, 0.1) is 0 Å². The minimum Gasteiger partial charge on any atom is -0.481 e. The maximum absolute atomic E-state index is 11.8. The summed E-state index contributed by atoms with van der Waals surface area (Å²) in [5.41, 5.74) is 0.273. The second-order valence-electron chi connectivity index (χ2n) is 5.42. The number of carbonyl (C=O) groups excluding carboxylic acids is 1. The maximum Gasteiger partial charge on any atom is 0.407 e. The fraction of sp³-hybridized carbons (Fsp3) is 0.222. The Kier molecular flexibility index (Phi) is 5.36. The number of carboxylic acid groups (broad SMARTS) is 1. The first kappa shape index (κ1) is 16.5. The molecule has 0 fully saturated rings. The highest BCUT2D eigenvalue weighted by Crippen LogP contribution is 2.23. The molecule has 0 aliphatic heterocycles. The quantitative estimate of drug-likeness (QED) is 0.859. The molecule has 1 unspecified atom stereocenters. The van der Waals surface area contributed by atoms with Crippen LogP contribution >= 0.6 is 0 Å². The molecule has 2 N–H and O–H groups in total. The molecule has 0 aliphatic carbocycles. The number of carboxylic acids is 1. The van der Waals surface area contributed by atoms with Crippen molar-refractivity contribution in [3.8, 4) is 0 Å². The minimum atomic E-state index is -1.22. The molecule has 0 spiro atoms. The van der Waals surface area contributed by atoms with Crippen LogP contribution in [0.2, 0.25) is 0 Å². The van der Waals surface area contributed by atoms with E-state index in [0.717, 1.165) is 5.56 Å². The number of amides is 1. The van der Waals surface area contributed by atoms with E-state index in [9.17, 15) is 14.7 Å². The van der Waals surface area contributed by atoms with Crippen molar-refractivity contribution < 1.29 is 19.4 Å². The van der Waals surface area contributed by atoms with Gasteiger partial charge in [-0.15, -0.1) is 0 Å². The lowest BCUT2D eigenvalue weighted by atomic mass is 9.82. The average molecular weight is 313 g/mol. The Labute approximate surface area is 134 Å². The molecular weight excluding hydrogens is 294 g/mol. The van der Waals surface area contributed by atoms with E-state index in [1.165, 1.54) is 0 Å². The van der Waals surface area contributed by atoms with Crippen molar-refractivity contribution in [3.63, 3.8) is 0 Å². The molecule has 0 radical (unpaired) electrons. The SMILES string of the molecule is CC(CNC(=O)OCc1ccccc1)(C(=O)O)c1ccccc1. The van der Waals surface area contributed by atoms with Crippen LogP contribution in [0.25, 0.3) is 0 Å². The van der Waals surface area contributed by atoms with Crippen LogP contribution in [-0.4, -0.2) is 23.7 Å². The highest BCUT2D eigenvalue weighted by molar-refractivity contribution is 5.82. The predicted molar refractivity (Wildman–Crippen MR) is 86.1 cm³/mol. The summed E-state index contributed by atoms with van der Waals surface area (Å²) < 4.78 is 5.10. The molecule has 1 amide bonds. The van der Waals surface area contributed by atoms with Crippen LogP contribution in [0.3, 0.4) is 0 Å². The van der Waals surface area contributed by atoms with Gasteiger partial charge in [0.15, 0.2) is 0 Å². The lowest BCUT2D eigenvalue weighted by molar-refractivity contribution is -0.143. The molecule has 2 aromatic rings. The number of alkyl carbamates (subject to hydrolysis) is 1. The molecule has 5 heteroatoms. The largest absolute Gasteiger partial charge is 0.481 e. The van der Waals surface area contributed by atoms with E-state index in [4.69, 9.17) is 4.74 Å². The summed E-state index contributed by atoms with van der Waals surface area (Å²) in [6, 6.07) is 18.1. The van der Waals surface area contributed by atoms with Gasteiger partial charge in [0.25, 0.3) is 0 Å². The summed E-state index contributed by atoms with van der Waals surface area (Å²) in [6.45, 7) is 1.66. The molecule has 120 valence electrons. The molecule has 23 heavy (non-hydrogen) atoms. The van der Waals surface area contributed by atoms with Crippen molar-refractivity contribution in [2.75, 3.05) is 6.54 Å². The molecule has 0 saturated heterocycles. The number of carbonyl (C=O) groups is 2. The van der Waals surface area contributed by atoms with Gasteiger partial charge < -0.3 is 15.2 Å². The molecular formula is C18H19NO4. The van der Waals surface area contributed by atoms with Gasteiger partial charge in [-0.2, -0.15) is 0 Å².